The number of rotatable bonds is 3. The molecule has 0 aliphatic carbocycles. The second-order valence-electron chi connectivity index (χ2n) is 4.33. The smallest absolute Gasteiger partial charge is 0.292 e. The third-order valence-electron chi connectivity index (χ3n) is 3.24. The molecule has 2 rings (SSSR count). The molecule has 1 aliphatic heterocycles. The van der Waals surface area contributed by atoms with Crippen molar-refractivity contribution >= 4 is 17.1 Å². The van der Waals surface area contributed by atoms with Gasteiger partial charge in [-0.25, -0.2) is 0 Å². The van der Waals surface area contributed by atoms with Crippen LogP contribution >= 0.6 is 0 Å². The second kappa shape index (κ2) is 5.22. The van der Waals surface area contributed by atoms with Crippen molar-refractivity contribution < 1.29 is 9.66 Å². The van der Waals surface area contributed by atoms with E-state index in [0.29, 0.717) is 19.3 Å². The average molecular weight is 251 g/mol. The van der Waals surface area contributed by atoms with Crippen molar-refractivity contribution in [2.24, 2.45) is 0 Å². The number of nitrogens with two attached hydrogens (primary N) is 1. The van der Waals surface area contributed by atoms with Gasteiger partial charge >= 0.3 is 0 Å². The van der Waals surface area contributed by atoms with Gasteiger partial charge in [0.1, 0.15) is 5.69 Å². The predicted molar refractivity (Wildman–Crippen MR) is 69.8 cm³/mol. The summed E-state index contributed by atoms with van der Waals surface area (Å²) in [5.41, 5.74) is 6.81. The number of anilines is 2. The molecule has 1 heterocycles. The molecule has 1 atom stereocenters. The predicted octanol–water partition coefficient (Wildman–Crippen LogP) is 1.79. The van der Waals surface area contributed by atoms with Crippen LogP contribution in [0.25, 0.3) is 0 Å². The minimum Gasteiger partial charge on any atom is -0.393 e. The lowest BCUT2D eigenvalue weighted by atomic mass is 10.1. The van der Waals surface area contributed by atoms with E-state index in [4.69, 9.17) is 10.5 Å². The first kappa shape index (κ1) is 12.6. The minimum atomic E-state index is -0.463. The molecule has 18 heavy (non-hydrogen) atoms. The Labute approximate surface area is 105 Å². The van der Waals surface area contributed by atoms with Crippen LogP contribution in [-0.4, -0.2) is 30.7 Å². The maximum absolute atomic E-state index is 10.7. The fourth-order valence-corrected chi connectivity index (χ4v) is 2.22. The summed E-state index contributed by atoms with van der Waals surface area (Å²) in [6.45, 7) is 4.25. The van der Waals surface area contributed by atoms with Gasteiger partial charge in [0.15, 0.2) is 0 Å². The first-order chi connectivity index (χ1) is 8.63. The highest BCUT2D eigenvalue weighted by Gasteiger charge is 2.23. The first-order valence-electron chi connectivity index (χ1n) is 6.01. The summed E-state index contributed by atoms with van der Waals surface area (Å²) in [5.74, 6) is 0. The molecule has 0 saturated carbocycles. The van der Waals surface area contributed by atoms with Crippen LogP contribution in [0.1, 0.15) is 13.3 Å². The summed E-state index contributed by atoms with van der Waals surface area (Å²) < 4.78 is 5.44. The molecule has 1 aliphatic rings. The molecule has 0 spiro atoms. The van der Waals surface area contributed by atoms with E-state index in [1.807, 2.05) is 0 Å². The van der Waals surface area contributed by atoms with Gasteiger partial charge in [-0.2, -0.15) is 0 Å². The van der Waals surface area contributed by atoms with Crippen molar-refractivity contribution in [3.05, 3.63) is 28.3 Å². The Morgan fingerprint density at radius 3 is 3.00 bits per heavy atom. The van der Waals surface area contributed by atoms with Crippen LogP contribution in [0.15, 0.2) is 18.2 Å². The van der Waals surface area contributed by atoms with E-state index in [0.717, 1.165) is 18.7 Å². The number of hydrogen-bond acceptors (Lipinski definition) is 5. The van der Waals surface area contributed by atoms with Gasteiger partial charge in [0.25, 0.3) is 5.69 Å². The van der Waals surface area contributed by atoms with E-state index in [1.54, 1.807) is 12.1 Å². The molecule has 1 aromatic rings. The molecule has 2 N–H and O–H groups in total. The maximum Gasteiger partial charge on any atom is 0.292 e. The Kier molecular flexibility index (Phi) is 3.66. The molecule has 0 amide bonds. The standard InChI is InChI=1S/C12H17N3O3/c1-2-9-8-18-6-5-14(9)10-3-4-12(15(16)17)11(13)7-10/h3-4,7,9H,2,5-6,8,13H2,1H3. The largest absolute Gasteiger partial charge is 0.393 e. The van der Waals surface area contributed by atoms with Gasteiger partial charge in [0, 0.05) is 18.3 Å². The topological polar surface area (TPSA) is 81.6 Å². The van der Waals surface area contributed by atoms with Crippen molar-refractivity contribution in [3.63, 3.8) is 0 Å². The van der Waals surface area contributed by atoms with Crippen molar-refractivity contribution in [2.75, 3.05) is 30.4 Å². The normalized spacial score (nSPS) is 19.8. The number of hydrogen-bond donors (Lipinski definition) is 1. The zero-order valence-electron chi connectivity index (χ0n) is 10.3. The van der Waals surface area contributed by atoms with Crippen LogP contribution < -0.4 is 10.6 Å². The number of nitrogens with zero attached hydrogens (tertiary/aromatic N) is 2. The fraction of sp³-hybridized carbons (Fsp3) is 0.500. The summed E-state index contributed by atoms with van der Waals surface area (Å²) in [5, 5.41) is 10.7. The Bertz CT molecular complexity index is 450. The van der Waals surface area contributed by atoms with Gasteiger partial charge in [0.05, 0.1) is 24.2 Å². The second-order valence-corrected chi connectivity index (χ2v) is 4.33. The minimum absolute atomic E-state index is 0.0416. The quantitative estimate of drug-likeness (QED) is 0.503. The lowest BCUT2D eigenvalue weighted by Crippen LogP contribution is -2.45. The summed E-state index contributed by atoms with van der Waals surface area (Å²) in [7, 11) is 0. The van der Waals surface area contributed by atoms with E-state index in [1.165, 1.54) is 6.07 Å². The molecule has 1 unspecified atom stereocenters. The molecule has 0 aromatic heterocycles. The van der Waals surface area contributed by atoms with Crippen LogP contribution in [0.5, 0.6) is 0 Å². The van der Waals surface area contributed by atoms with E-state index in [-0.39, 0.29) is 11.4 Å². The highest BCUT2D eigenvalue weighted by atomic mass is 16.6. The van der Waals surface area contributed by atoms with Crippen molar-refractivity contribution in [2.45, 2.75) is 19.4 Å². The Morgan fingerprint density at radius 1 is 1.61 bits per heavy atom. The number of morpholine rings is 1. The number of nitro groups is 1. The summed E-state index contributed by atoms with van der Waals surface area (Å²) >= 11 is 0. The van der Waals surface area contributed by atoms with Crippen LogP contribution in [-0.2, 0) is 4.74 Å². The summed E-state index contributed by atoms with van der Waals surface area (Å²) in [6, 6.07) is 5.20. The van der Waals surface area contributed by atoms with Gasteiger partial charge in [-0.15, -0.1) is 0 Å². The molecular formula is C12H17N3O3. The third-order valence-corrected chi connectivity index (χ3v) is 3.24. The number of nitrogen functional groups attached to an aromatic ring is 1. The molecule has 1 saturated heterocycles. The van der Waals surface area contributed by atoms with Crippen LogP contribution in [0, 0.1) is 10.1 Å². The zero-order chi connectivity index (χ0) is 13.1. The molecule has 98 valence electrons. The van der Waals surface area contributed by atoms with E-state index < -0.39 is 4.92 Å². The van der Waals surface area contributed by atoms with Gasteiger partial charge in [-0.1, -0.05) is 6.92 Å². The van der Waals surface area contributed by atoms with E-state index >= 15 is 0 Å². The molecular weight excluding hydrogens is 234 g/mol. The molecule has 1 aromatic carbocycles. The highest BCUT2D eigenvalue weighted by molar-refractivity contribution is 5.67. The molecule has 0 bridgehead atoms. The van der Waals surface area contributed by atoms with Crippen molar-refractivity contribution in [1.82, 2.24) is 0 Å². The number of nitro benzene ring substituents is 1. The van der Waals surface area contributed by atoms with Crippen LogP contribution in [0.4, 0.5) is 17.1 Å². The fourth-order valence-electron chi connectivity index (χ4n) is 2.22. The van der Waals surface area contributed by atoms with Gasteiger partial charge < -0.3 is 15.4 Å². The number of ether oxygens (including phenoxy) is 1. The van der Waals surface area contributed by atoms with Crippen LogP contribution in [0.2, 0.25) is 0 Å². The van der Waals surface area contributed by atoms with Crippen molar-refractivity contribution in [1.29, 1.82) is 0 Å². The molecule has 0 radical (unpaired) electrons. The Balaban J connectivity index is 2.27. The monoisotopic (exact) mass is 251 g/mol. The maximum atomic E-state index is 10.7. The average Bonchev–Trinajstić information content (AvgIpc) is 2.38. The van der Waals surface area contributed by atoms with Crippen molar-refractivity contribution in [3.8, 4) is 0 Å². The lowest BCUT2D eigenvalue weighted by Gasteiger charge is -2.37. The first-order valence-corrected chi connectivity index (χ1v) is 6.01. The van der Waals surface area contributed by atoms with Gasteiger partial charge in [0.2, 0.25) is 0 Å². The molecule has 6 nitrogen and oxygen atoms in total. The third kappa shape index (κ3) is 2.38. The Hall–Kier alpha value is -1.82. The van der Waals surface area contributed by atoms with Gasteiger partial charge in [-0.3, -0.25) is 10.1 Å². The van der Waals surface area contributed by atoms with Crippen LogP contribution in [0.3, 0.4) is 0 Å². The summed E-state index contributed by atoms with van der Waals surface area (Å²) in [6.07, 6.45) is 0.969. The molecule has 6 heteroatoms. The lowest BCUT2D eigenvalue weighted by molar-refractivity contribution is -0.383. The number of benzene rings is 1. The van der Waals surface area contributed by atoms with E-state index in [9.17, 15) is 10.1 Å². The summed E-state index contributed by atoms with van der Waals surface area (Å²) in [4.78, 5) is 12.5. The van der Waals surface area contributed by atoms with Gasteiger partial charge in [-0.05, 0) is 18.6 Å². The molecule has 1 fully saturated rings. The highest BCUT2D eigenvalue weighted by Crippen LogP contribution is 2.29. The van der Waals surface area contributed by atoms with E-state index in [2.05, 4.69) is 11.8 Å². The SMILES string of the molecule is CCC1COCCN1c1ccc([N+](=O)[O-])c(N)c1. The Morgan fingerprint density at radius 2 is 2.39 bits per heavy atom. The zero-order valence-corrected chi connectivity index (χ0v) is 10.3.